The quantitative estimate of drug-likeness (QED) is 0.514. The van der Waals surface area contributed by atoms with Crippen LogP contribution >= 0.6 is 0 Å². The molecule has 21 heavy (non-hydrogen) atoms. The molecule has 0 aliphatic rings. The van der Waals surface area contributed by atoms with Crippen LogP contribution in [0.15, 0.2) is 52.8 Å². The van der Waals surface area contributed by atoms with Gasteiger partial charge >= 0.3 is 0 Å². The summed E-state index contributed by atoms with van der Waals surface area (Å²) >= 11 is 0. The maximum absolute atomic E-state index is 13.1. The van der Waals surface area contributed by atoms with Crippen molar-refractivity contribution in [3.05, 3.63) is 54.1 Å². The molecule has 2 aromatic rings. The predicted molar refractivity (Wildman–Crippen MR) is 75.4 cm³/mol. The van der Waals surface area contributed by atoms with Gasteiger partial charge in [0.05, 0.1) is 17.6 Å². The number of pyridine rings is 1. The number of oxime groups is 1. The Bertz CT molecular complexity index is 791. The topological polar surface area (TPSA) is 91.7 Å². The lowest BCUT2D eigenvalue weighted by atomic mass is 10.1. The lowest BCUT2D eigenvalue weighted by Gasteiger charge is -2.11. The minimum atomic E-state index is -3.99. The number of halogens is 1. The van der Waals surface area contributed by atoms with Crippen molar-refractivity contribution in [3.63, 3.8) is 0 Å². The Morgan fingerprint density at radius 1 is 1.33 bits per heavy atom. The summed E-state index contributed by atoms with van der Waals surface area (Å²) in [6.45, 7) is 1.52. The Hall–Kier alpha value is -2.48. The Balaban J connectivity index is 2.43. The van der Waals surface area contributed by atoms with Crippen molar-refractivity contribution < 1.29 is 18.0 Å². The van der Waals surface area contributed by atoms with Crippen molar-refractivity contribution >= 4 is 21.4 Å². The molecule has 0 aliphatic carbocycles. The van der Waals surface area contributed by atoms with Gasteiger partial charge in [0, 0.05) is 11.8 Å². The number of nitrogens with zero attached hydrogens (tertiary/aromatic N) is 2. The number of benzene rings is 1. The molecule has 0 aliphatic heterocycles. The summed E-state index contributed by atoms with van der Waals surface area (Å²) in [7, 11) is -3.99. The summed E-state index contributed by atoms with van der Waals surface area (Å²) in [6, 6.07) is 7.26. The zero-order valence-corrected chi connectivity index (χ0v) is 11.8. The number of para-hydroxylation sites is 1. The second-order valence-corrected chi connectivity index (χ2v) is 5.86. The summed E-state index contributed by atoms with van der Waals surface area (Å²) < 4.78 is 39.8. The van der Waals surface area contributed by atoms with E-state index in [9.17, 15) is 12.8 Å². The van der Waals surface area contributed by atoms with Crippen molar-refractivity contribution in [2.75, 3.05) is 4.72 Å². The van der Waals surface area contributed by atoms with E-state index < -0.39 is 15.8 Å². The third kappa shape index (κ3) is 3.34. The van der Waals surface area contributed by atoms with Crippen molar-refractivity contribution in [3.8, 4) is 0 Å². The van der Waals surface area contributed by atoms with Crippen LogP contribution in [0.25, 0.3) is 0 Å². The highest BCUT2D eigenvalue weighted by Crippen LogP contribution is 2.20. The Morgan fingerprint density at radius 3 is 2.71 bits per heavy atom. The Labute approximate surface area is 121 Å². The lowest BCUT2D eigenvalue weighted by Crippen LogP contribution is -2.15. The van der Waals surface area contributed by atoms with Gasteiger partial charge in [-0.25, -0.2) is 12.8 Å². The first kappa shape index (κ1) is 14.9. The van der Waals surface area contributed by atoms with E-state index in [2.05, 4.69) is 14.9 Å². The maximum Gasteiger partial charge on any atom is 0.263 e. The SMILES string of the molecule is CC(=NO)c1ccccc1NS(=O)(=O)c1cncc(F)c1. The highest BCUT2D eigenvalue weighted by Gasteiger charge is 2.17. The third-order valence-corrected chi connectivity index (χ3v) is 4.03. The number of nitrogens with one attached hydrogen (secondary N) is 1. The fourth-order valence-corrected chi connectivity index (χ4v) is 2.74. The second kappa shape index (κ2) is 5.88. The van der Waals surface area contributed by atoms with Gasteiger partial charge in [-0.1, -0.05) is 23.4 Å². The minimum Gasteiger partial charge on any atom is -0.411 e. The van der Waals surface area contributed by atoms with Gasteiger partial charge in [0.2, 0.25) is 0 Å². The summed E-state index contributed by atoms with van der Waals surface area (Å²) in [5, 5.41) is 11.9. The largest absolute Gasteiger partial charge is 0.411 e. The molecule has 1 aromatic heterocycles. The standard InChI is InChI=1S/C13H12FN3O3S/c1-9(16-18)12-4-2-3-5-13(12)17-21(19,20)11-6-10(14)7-15-8-11/h2-8,17-18H,1H3. The van der Waals surface area contributed by atoms with Crippen molar-refractivity contribution in [2.24, 2.45) is 5.16 Å². The molecule has 0 saturated carbocycles. The zero-order valence-electron chi connectivity index (χ0n) is 11.0. The minimum absolute atomic E-state index is 0.220. The van der Waals surface area contributed by atoms with Crippen LogP contribution in [0.5, 0.6) is 0 Å². The van der Waals surface area contributed by atoms with Gasteiger partial charge in [-0.2, -0.15) is 0 Å². The molecule has 2 N–H and O–H groups in total. The van der Waals surface area contributed by atoms with E-state index in [1.54, 1.807) is 18.2 Å². The fraction of sp³-hybridized carbons (Fsp3) is 0.0769. The molecule has 0 spiro atoms. The highest BCUT2D eigenvalue weighted by molar-refractivity contribution is 7.92. The first-order valence-corrected chi connectivity index (χ1v) is 7.34. The van der Waals surface area contributed by atoms with Gasteiger partial charge < -0.3 is 5.21 Å². The van der Waals surface area contributed by atoms with E-state index in [1.807, 2.05) is 0 Å². The normalized spacial score (nSPS) is 12.2. The van der Waals surface area contributed by atoms with Crippen LogP contribution < -0.4 is 4.72 Å². The monoisotopic (exact) mass is 309 g/mol. The summed E-state index contributed by atoms with van der Waals surface area (Å²) in [6.07, 6.45) is 1.95. The van der Waals surface area contributed by atoms with Crippen molar-refractivity contribution in [1.29, 1.82) is 0 Å². The fourth-order valence-electron chi connectivity index (χ4n) is 1.68. The molecule has 2 rings (SSSR count). The summed E-state index contributed by atoms with van der Waals surface area (Å²) in [4.78, 5) is 3.21. The number of hydrogen-bond acceptors (Lipinski definition) is 5. The Kier molecular flexibility index (Phi) is 4.18. The molecule has 110 valence electrons. The molecule has 0 atom stereocenters. The van der Waals surface area contributed by atoms with Crippen LogP contribution in [0, 0.1) is 5.82 Å². The molecule has 6 nitrogen and oxygen atoms in total. The van der Waals surface area contributed by atoms with Crippen LogP contribution in [0.1, 0.15) is 12.5 Å². The van der Waals surface area contributed by atoms with Crippen LogP contribution in [0.2, 0.25) is 0 Å². The number of anilines is 1. The zero-order chi connectivity index (χ0) is 15.5. The number of rotatable bonds is 4. The molecular formula is C13H12FN3O3S. The average molecular weight is 309 g/mol. The lowest BCUT2D eigenvalue weighted by molar-refractivity contribution is 0.319. The van der Waals surface area contributed by atoms with E-state index in [1.165, 1.54) is 13.0 Å². The molecule has 1 heterocycles. The predicted octanol–water partition coefficient (Wildman–Crippen LogP) is 2.22. The summed E-state index contributed by atoms with van der Waals surface area (Å²) in [5.74, 6) is -0.751. The number of aromatic nitrogens is 1. The van der Waals surface area contributed by atoms with Gasteiger partial charge in [-0.15, -0.1) is 0 Å². The average Bonchev–Trinajstić information content (AvgIpc) is 2.46. The van der Waals surface area contributed by atoms with Crippen molar-refractivity contribution in [1.82, 2.24) is 4.98 Å². The van der Waals surface area contributed by atoms with E-state index in [0.29, 0.717) is 5.56 Å². The summed E-state index contributed by atoms with van der Waals surface area (Å²) in [5.41, 5.74) is 0.871. The first-order valence-electron chi connectivity index (χ1n) is 5.85. The van der Waals surface area contributed by atoms with Gasteiger partial charge in [-0.3, -0.25) is 9.71 Å². The smallest absolute Gasteiger partial charge is 0.263 e. The molecule has 0 saturated heterocycles. The van der Waals surface area contributed by atoms with Gasteiger partial charge in [0.25, 0.3) is 10.0 Å². The molecular weight excluding hydrogens is 297 g/mol. The molecule has 8 heteroatoms. The molecule has 0 unspecified atom stereocenters. The number of hydrogen-bond donors (Lipinski definition) is 2. The van der Waals surface area contributed by atoms with Crippen LogP contribution in [-0.2, 0) is 10.0 Å². The van der Waals surface area contributed by atoms with E-state index >= 15 is 0 Å². The third-order valence-electron chi connectivity index (χ3n) is 2.70. The van der Waals surface area contributed by atoms with Gasteiger partial charge in [-0.05, 0) is 19.1 Å². The highest BCUT2D eigenvalue weighted by atomic mass is 32.2. The van der Waals surface area contributed by atoms with Crippen LogP contribution in [0.3, 0.4) is 0 Å². The first-order chi connectivity index (χ1) is 9.94. The molecule has 0 radical (unpaired) electrons. The van der Waals surface area contributed by atoms with Crippen molar-refractivity contribution in [2.45, 2.75) is 11.8 Å². The van der Waals surface area contributed by atoms with E-state index in [0.717, 1.165) is 18.5 Å². The number of sulfonamides is 1. The second-order valence-electron chi connectivity index (χ2n) is 4.18. The maximum atomic E-state index is 13.1. The molecule has 0 fully saturated rings. The van der Waals surface area contributed by atoms with Crippen LogP contribution in [-0.4, -0.2) is 24.3 Å². The van der Waals surface area contributed by atoms with E-state index in [-0.39, 0.29) is 16.3 Å². The Morgan fingerprint density at radius 2 is 2.05 bits per heavy atom. The van der Waals surface area contributed by atoms with Crippen LogP contribution in [0.4, 0.5) is 10.1 Å². The van der Waals surface area contributed by atoms with Gasteiger partial charge in [0.1, 0.15) is 10.7 Å². The molecule has 0 bridgehead atoms. The molecule has 0 amide bonds. The van der Waals surface area contributed by atoms with Gasteiger partial charge in [0.15, 0.2) is 0 Å². The van der Waals surface area contributed by atoms with E-state index in [4.69, 9.17) is 5.21 Å². The molecule has 1 aromatic carbocycles.